The fraction of sp³-hybridized carbons (Fsp3) is 0.381. The Bertz CT molecular complexity index is 835. The maximum atomic E-state index is 13.8. The number of rotatable bonds is 5. The maximum Gasteiger partial charge on any atom is 0.251 e. The standard InChI is InChI=1S/C21H23FN2O4/c22-18-11-16(20-17(12-18)13-27-14-28-20)5-6-23-21(25)15-1-3-19(4-2-15)24-7-9-26-10-8-24/h1-4,11-12H,5-10,13-14H2,(H,23,25). The lowest BCUT2D eigenvalue weighted by molar-refractivity contribution is -0.0172. The highest BCUT2D eigenvalue weighted by Gasteiger charge is 2.17. The van der Waals surface area contributed by atoms with Crippen molar-refractivity contribution in [2.45, 2.75) is 13.0 Å². The predicted molar refractivity (Wildman–Crippen MR) is 102 cm³/mol. The zero-order chi connectivity index (χ0) is 19.3. The number of carbonyl (C=O) groups excluding carboxylic acids is 1. The predicted octanol–water partition coefficient (Wildman–Crippen LogP) is 2.50. The number of ether oxygens (including phenoxy) is 3. The van der Waals surface area contributed by atoms with Gasteiger partial charge in [-0.2, -0.15) is 0 Å². The molecule has 148 valence electrons. The molecule has 2 aromatic carbocycles. The van der Waals surface area contributed by atoms with E-state index in [1.807, 2.05) is 24.3 Å². The Kier molecular flexibility index (Phi) is 5.73. The number of nitrogens with zero attached hydrogens (tertiary/aromatic N) is 1. The van der Waals surface area contributed by atoms with Crippen molar-refractivity contribution in [1.82, 2.24) is 5.32 Å². The summed E-state index contributed by atoms with van der Waals surface area (Å²) < 4.78 is 29.8. The molecule has 0 bridgehead atoms. The summed E-state index contributed by atoms with van der Waals surface area (Å²) in [5.41, 5.74) is 3.13. The van der Waals surface area contributed by atoms with Crippen molar-refractivity contribution in [3.63, 3.8) is 0 Å². The number of morpholine rings is 1. The van der Waals surface area contributed by atoms with E-state index in [1.54, 1.807) is 0 Å². The molecule has 1 saturated heterocycles. The van der Waals surface area contributed by atoms with Gasteiger partial charge in [-0.05, 0) is 48.4 Å². The molecule has 2 heterocycles. The fourth-order valence-corrected chi connectivity index (χ4v) is 3.50. The molecular formula is C21H23FN2O4. The number of hydrogen-bond donors (Lipinski definition) is 1. The van der Waals surface area contributed by atoms with Crippen molar-refractivity contribution in [2.24, 2.45) is 0 Å². The van der Waals surface area contributed by atoms with E-state index < -0.39 is 0 Å². The van der Waals surface area contributed by atoms with E-state index in [0.717, 1.165) is 37.6 Å². The minimum atomic E-state index is -0.326. The van der Waals surface area contributed by atoms with Gasteiger partial charge >= 0.3 is 0 Å². The summed E-state index contributed by atoms with van der Waals surface area (Å²) in [5, 5.41) is 2.89. The van der Waals surface area contributed by atoms with E-state index in [4.69, 9.17) is 14.2 Å². The van der Waals surface area contributed by atoms with Gasteiger partial charge in [0.25, 0.3) is 5.91 Å². The minimum Gasteiger partial charge on any atom is -0.467 e. The van der Waals surface area contributed by atoms with Crippen LogP contribution in [0.3, 0.4) is 0 Å². The van der Waals surface area contributed by atoms with E-state index in [1.165, 1.54) is 12.1 Å². The van der Waals surface area contributed by atoms with Crippen LogP contribution < -0.4 is 15.0 Å². The Balaban J connectivity index is 1.34. The third kappa shape index (κ3) is 4.26. The zero-order valence-electron chi connectivity index (χ0n) is 15.6. The van der Waals surface area contributed by atoms with Crippen LogP contribution in [0, 0.1) is 5.82 Å². The van der Waals surface area contributed by atoms with Crippen LogP contribution in [-0.4, -0.2) is 45.5 Å². The highest BCUT2D eigenvalue weighted by Crippen LogP contribution is 2.29. The van der Waals surface area contributed by atoms with Gasteiger partial charge in [0.05, 0.1) is 19.8 Å². The number of benzene rings is 2. The van der Waals surface area contributed by atoms with Gasteiger partial charge < -0.3 is 24.4 Å². The lowest BCUT2D eigenvalue weighted by Crippen LogP contribution is -2.36. The molecule has 0 spiro atoms. The quantitative estimate of drug-likeness (QED) is 0.856. The highest BCUT2D eigenvalue weighted by molar-refractivity contribution is 5.94. The molecule has 1 N–H and O–H groups in total. The minimum absolute atomic E-state index is 0.150. The number of fused-ring (bicyclic) bond motifs is 1. The molecule has 4 rings (SSSR count). The molecule has 0 unspecified atom stereocenters. The first-order valence-corrected chi connectivity index (χ1v) is 9.43. The second kappa shape index (κ2) is 8.58. The first-order valence-electron chi connectivity index (χ1n) is 9.43. The SMILES string of the molecule is O=C(NCCc1cc(F)cc2c1OCOC2)c1ccc(N2CCOCC2)cc1. The second-order valence-electron chi connectivity index (χ2n) is 6.82. The molecule has 0 atom stereocenters. The van der Waals surface area contributed by atoms with Gasteiger partial charge in [0.15, 0.2) is 6.79 Å². The molecule has 28 heavy (non-hydrogen) atoms. The summed E-state index contributed by atoms with van der Waals surface area (Å²) in [5.74, 6) is 0.188. The molecule has 7 heteroatoms. The van der Waals surface area contributed by atoms with E-state index in [9.17, 15) is 9.18 Å². The van der Waals surface area contributed by atoms with Crippen LogP contribution in [0.25, 0.3) is 0 Å². The Labute approximate surface area is 163 Å². The molecule has 2 aromatic rings. The van der Waals surface area contributed by atoms with Crippen molar-refractivity contribution in [1.29, 1.82) is 0 Å². The summed E-state index contributed by atoms with van der Waals surface area (Å²) in [7, 11) is 0. The van der Waals surface area contributed by atoms with Crippen molar-refractivity contribution < 1.29 is 23.4 Å². The summed E-state index contributed by atoms with van der Waals surface area (Å²) in [6.45, 7) is 4.05. The number of nitrogens with one attached hydrogen (secondary N) is 1. The van der Waals surface area contributed by atoms with Crippen LogP contribution in [-0.2, 0) is 22.5 Å². The molecule has 0 aliphatic carbocycles. The van der Waals surface area contributed by atoms with Crippen LogP contribution in [0.15, 0.2) is 36.4 Å². The monoisotopic (exact) mass is 386 g/mol. The van der Waals surface area contributed by atoms with E-state index in [-0.39, 0.29) is 18.5 Å². The fourth-order valence-electron chi connectivity index (χ4n) is 3.50. The molecule has 6 nitrogen and oxygen atoms in total. The molecule has 0 saturated carbocycles. The van der Waals surface area contributed by atoms with Crippen molar-refractivity contribution in [3.8, 4) is 5.75 Å². The third-order valence-corrected chi connectivity index (χ3v) is 4.94. The summed E-state index contributed by atoms with van der Waals surface area (Å²) >= 11 is 0. The molecular weight excluding hydrogens is 363 g/mol. The number of carbonyl (C=O) groups is 1. The van der Waals surface area contributed by atoms with Gasteiger partial charge in [-0.3, -0.25) is 4.79 Å². The summed E-state index contributed by atoms with van der Waals surface area (Å²) in [4.78, 5) is 14.6. The van der Waals surface area contributed by atoms with Crippen LogP contribution in [0.5, 0.6) is 5.75 Å². The Morgan fingerprint density at radius 2 is 1.89 bits per heavy atom. The van der Waals surface area contributed by atoms with Crippen LogP contribution in [0.1, 0.15) is 21.5 Å². The summed E-state index contributed by atoms with van der Waals surface area (Å²) in [6, 6.07) is 10.4. The van der Waals surface area contributed by atoms with E-state index in [0.29, 0.717) is 36.4 Å². The van der Waals surface area contributed by atoms with E-state index >= 15 is 0 Å². The smallest absolute Gasteiger partial charge is 0.251 e. The normalized spacial score (nSPS) is 16.2. The molecule has 1 amide bonds. The van der Waals surface area contributed by atoms with Gasteiger partial charge in [0, 0.05) is 36.4 Å². The average molecular weight is 386 g/mol. The number of amides is 1. The maximum absolute atomic E-state index is 13.8. The lowest BCUT2D eigenvalue weighted by Gasteiger charge is -2.28. The second-order valence-corrected chi connectivity index (χ2v) is 6.82. The average Bonchev–Trinajstić information content (AvgIpc) is 2.74. The van der Waals surface area contributed by atoms with Crippen molar-refractivity contribution >= 4 is 11.6 Å². The largest absolute Gasteiger partial charge is 0.467 e. The number of hydrogen-bond acceptors (Lipinski definition) is 5. The molecule has 0 radical (unpaired) electrons. The van der Waals surface area contributed by atoms with Crippen molar-refractivity contribution in [2.75, 3.05) is 44.5 Å². The highest BCUT2D eigenvalue weighted by atomic mass is 19.1. The van der Waals surface area contributed by atoms with Crippen LogP contribution in [0.2, 0.25) is 0 Å². The Morgan fingerprint density at radius 1 is 1.11 bits per heavy atom. The van der Waals surface area contributed by atoms with Crippen molar-refractivity contribution in [3.05, 3.63) is 58.9 Å². The lowest BCUT2D eigenvalue weighted by atomic mass is 10.1. The first kappa shape index (κ1) is 18.7. The Morgan fingerprint density at radius 3 is 2.68 bits per heavy atom. The zero-order valence-corrected chi connectivity index (χ0v) is 15.6. The molecule has 1 fully saturated rings. The number of anilines is 1. The van der Waals surface area contributed by atoms with Gasteiger partial charge in [0.2, 0.25) is 0 Å². The van der Waals surface area contributed by atoms with Gasteiger partial charge in [-0.15, -0.1) is 0 Å². The first-order chi connectivity index (χ1) is 13.7. The van der Waals surface area contributed by atoms with Gasteiger partial charge in [-0.25, -0.2) is 4.39 Å². The molecule has 0 aromatic heterocycles. The van der Waals surface area contributed by atoms with Gasteiger partial charge in [-0.1, -0.05) is 0 Å². The topological polar surface area (TPSA) is 60.0 Å². The van der Waals surface area contributed by atoms with Gasteiger partial charge in [0.1, 0.15) is 11.6 Å². The number of halogens is 1. The summed E-state index contributed by atoms with van der Waals surface area (Å²) in [6.07, 6.45) is 0.484. The van der Waals surface area contributed by atoms with Crippen LogP contribution >= 0.6 is 0 Å². The Hall–Kier alpha value is -2.64. The third-order valence-electron chi connectivity index (χ3n) is 4.94. The molecule has 2 aliphatic heterocycles. The molecule has 2 aliphatic rings. The van der Waals surface area contributed by atoms with E-state index in [2.05, 4.69) is 10.2 Å². The van der Waals surface area contributed by atoms with Crippen LogP contribution in [0.4, 0.5) is 10.1 Å².